The van der Waals surface area contributed by atoms with E-state index in [2.05, 4.69) is 0 Å². The average Bonchev–Trinajstić information content (AvgIpc) is 2.40. The van der Waals surface area contributed by atoms with Crippen LogP contribution >= 0.6 is 0 Å². The van der Waals surface area contributed by atoms with Crippen LogP contribution in [0.3, 0.4) is 0 Å². The minimum absolute atomic E-state index is 0.0300. The third kappa shape index (κ3) is 3.42. The van der Waals surface area contributed by atoms with E-state index >= 15 is 0 Å². The van der Waals surface area contributed by atoms with E-state index in [1.54, 1.807) is 31.2 Å². The Kier molecular flexibility index (Phi) is 5.56. The van der Waals surface area contributed by atoms with Crippen molar-refractivity contribution in [2.45, 2.75) is 33.6 Å². The molecule has 18 heavy (non-hydrogen) atoms. The Hall–Kier alpha value is -1.64. The molecule has 1 rings (SSSR count). The van der Waals surface area contributed by atoms with Gasteiger partial charge in [0.1, 0.15) is 0 Å². The highest BCUT2D eigenvalue weighted by atomic mass is 16.5. The third-order valence-corrected chi connectivity index (χ3v) is 3.01. The summed E-state index contributed by atoms with van der Waals surface area (Å²) in [6.45, 7) is 6.10. The zero-order valence-electron chi connectivity index (χ0n) is 11.2. The first-order valence-corrected chi connectivity index (χ1v) is 6.45. The minimum Gasteiger partial charge on any atom is -0.462 e. The first-order chi connectivity index (χ1) is 8.63. The molecule has 0 amide bonds. The van der Waals surface area contributed by atoms with Gasteiger partial charge in [0.15, 0.2) is 5.78 Å². The lowest BCUT2D eigenvalue weighted by molar-refractivity contribution is 0.0526. The molecule has 0 heterocycles. The maximum Gasteiger partial charge on any atom is 0.338 e. The van der Waals surface area contributed by atoms with Crippen LogP contribution in [0.15, 0.2) is 24.3 Å². The standard InChI is InChI=1S/C15H20O3/c1-4-11(5-2)14(16)12-8-7-9-13(10-12)15(17)18-6-3/h7-11H,4-6H2,1-3H3. The number of hydrogen-bond donors (Lipinski definition) is 0. The molecule has 0 saturated carbocycles. The van der Waals surface area contributed by atoms with Gasteiger partial charge in [-0.3, -0.25) is 4.79 Å². The van der Waals surface area contributed by atoms with E-state index in [-0.39, 0.29) is 17.7 Å². The van der Waals surface area contributed by atoms with Crippen molar-refractivity contribution in [2.75, 3.05) is 6.61 Å². The maximum absolute atomic E-state index is 12.2. The van der Waals surface area contributed by atoms with Crippen LogP contribution in [0.5, 0.6) is 0 Å². The van der Waals surface area contributed by atoms with Gasteiger partial charge in [-0.15, -0.1) is 0 Å². The van der Waals surface area contributed by atoms with Crippen LogP contribution < -0.4 is 0 Å². The highest BCUT2D eigenvalue weighted by Crippen LogP contribution is 2.17. The van der Waals surface area contributed by atoms with Crippen molar-refractivity contribution in [1.82, 2.24) is 0 Å². The Bertz CT molecular complexity index is 420. The van der Waals surface area contributed by atoms with Gasteiger partial charge in [-0.05, 0) is 31.9 Å². The van der Waals surface area contributed by atoms with Crippen LogP contribution in [-0.4, -0.2) is 18.4 Å². The molecule has 0 aliphatic rings. The van der Waals surface area contributed by atoms with E-state index in [4.69, 9.17) is 4.74 Å². The molecule has 1 aromatic carbocycles. The van der Waals surface area contributed by atoms with Crippen molar-refractivity contribution >= 4 is 11.8 Å². The second-order valence-corrected chi connectivity index (χ2v) is 4.18. The molecule has 0 aliphatic carbocycles. The summed E-state index contributed by atoms with van der Waals surface area (Å²) in [6.07, 6.45) is 1.64. The Morgan fingerprint density at radius 1 is 1.11 bits per heavy atom. The highest BCUT2D eigenvalue weighted by molar-refractivity contribution is 6.00. The molecular formula is C15H20O3. The summed E-state index contributed by atoms with van der Waals surface area (Å²) in [7, 11) is 0. The number of benzene rings is 1. The normalized spacial score (nSPS) is 10.4. The Morgan fingerprint density at radius 2 is 1.72 bits per heavy atom. The highest BCUT2D eigenvalue weighted by Gasteiger charge is 2.17. The molecule has 0 N–H and O–H groups in total. The van der Waals surface area contributed by atoms with Gasteiger partial charge < -0.3 is 4.74 Å². The average molecular weight is 248 g/mol. The monoisotopic (exact) mass is 248 g/mol. The number of ketones is 1. The molecule has 0 aromatic heterocycles. The lowest BCUT2D eigenvalue weighted by Gasteiger charge is -2.11. The summed E-state index contributed by atoms with van der Waals surface area (Å²) in [6, 6.07) is 6.77. The van der Waals surface area contributed by atoms with Crippen LogP contribution in [0.2, 0.25) is 0 Å². The van der Waals surface area contributed by atoms with E-state index in [9.17, 15) is 9.59 Å². The molecule has 0 unspecified atom stereocenters. The van der Waals surface area contributed by atoms with Crippen molar-refractivity contribution in [3.05, 3.63) is 35.4 Å². The third-order valence-electron chi connectivity index (χ3n) is 3.01. The molecule has 0 aliphatic heterocycles. The zero-order valence-corrected chi connectivity index (χ0v) is 11.2. The van der Waals surface area contributed by atoms with Crippen LogP contribution in [0.4, 0.5) is 0 Å². The molecule has 0 bridgehead atoms. The second kappa shape index (κ2) is 6.94. The summed E-state index contributed by atoms with van der Waals surface area (Å²) in [5.41, 5.74) is 1.03. The van der Waals surface area contributed by atoms with Crippen molar-refractivity contribution < 1.29 is 14.3 Å². The zero-order chi connectivity index (χ0) is 13.5. The maximum atomic E-state index is 12.2. The summed E-state index contributed by atoms with van der Waals surface area (Å²) in [4.78, 5) is 23.8. The van der Waals surface area contributed by atoms with Crippen molar-refractivity contribution in [2.24, 2.45) is 5.92 Å². The Balaban J connectivity index is 2.94. The van der Waals surface area contributed by atoms with Gasteiger partial charge in [-0.1, -0.05) is 26.0 Å². The van der Waals surface area contributed by atoms with Crippen LogP contribution in [-0.2, 0) is 4.74 Å². The second-order valence-electron chi connectivity index (χ2n) is 4.18. The van der Waals surface area contributed by atoms with Crippen molar-refractivity contribution in [3.8, 4) is 0 Å². The predicted molar refractivity (Wildman–Crippen MR) is 70.8 cm³/mol. The molecule has 1 aromatic rings. The molecule has 0 spiro atoms. The van der Waals surface area contributed by atoms with Gasteiger partial charge in [0.05, 0.1) is 12.2 Å². The van der Waals surface area contributed by atoms with E-state index in [1.807, 2.05) is 13.8 Å². The molecule has 0 saturated heterocycles. The summed E-state index contributed by atoms with van der Waals surface area (Å²) in [5, 5.41) is 0. The lowest BCUT2D eigenvalue weighted by atomic mass is 9.92. The van der Waals surface area contributed by atoms with Gasteiger partial charge in [-0.2, -0.15) is 0 Å². The fraction of sp³-hybridized carbons (Fsp3) is 0.467. The molecule has 0 fully saturated rings. The van der Waals surface area contributed by atoms with E-state index in [1.165, 1.54) is 0 Å². The Morgan fingerprint density at radius 3 is 2.28 bits per heavy atom. The lowest BCUT2D eigenvalue weighted by Crippen LogP contribution is -2.14. The Labute approximate surface area is 108 Å². The molecule has 0 radical (unpaired) electrons. The first kappa shape index (κ1) is 14.4. The molecule has 0 atom stereocenters. The fourth-order valence-corrected chi connectivity index (χ4v) is 1.91. The van der Waals surface area contributed by atoms with Crippen LogP contribution in [0, 0.1) is 5.92 Å². The summed E-state index contributed by atoms with van der Waals surface area (Å²) < 4.78 is 4.93. The molecular weight excluding hydrogens is 228 g/mol. The molecule has 3 heteroatoms. The van der Waals surface area contributed by atoms with Crippen molar-refractivity contribution in [1.29, 1.82) is 0 Å². The molecule has 3 nitrogen and oxygen atoms in total. The first-order valence-electron chi connectivity index (χ1n) is 6.45. The fourth-order valence-electron chi connectivity index (χ4n) is 1.91. The topological polar surface area (TPSA) is 43.4 Å². The van der Waals surface area contributed by atoms with Crippen molar-refractivity contribution in [3.63, 3.8) is 0 Å². The number of carbonyl (C=O) groups is 2. The molecule has 98 valence electrons. The van der Waals surface area contributed by atoms with E-state index in [0.29, 0.717) is 17.7 Å². The quantitative estimate of drug-likeness (QED) is 0.571. The van der Waals surface area contributed by atoms with Gasteiger partial charge in [-0.25, -0.2) is 4.79 Å². The summed E-state index contributed by atoms with van der Waals surface area (Å²) in [5.74, 6) is -0.245. The van der Waals surface area contributed by atoms with Gasteiger partial charge in [0, 0.05) is 11.5 Å². The van der Waals surface area contributed by atoms with Crippen LogP contribution in [0.1, 0.15) is 54.3 Å². The number of ether oxygens (including phenoxy) is 1. The van der Waals surface area contributed by atoms with E-state index in [0.717, 1.165) is 12.8 Å². The van der Waals surface area contributed by atoms with Gasteiger partial charge >= 0.3 is 5.97 Å². The number of hydrogen-bond acceptors (Lipinski definition) is 3. The van der Waals surface area contributed by atoms with E-state index < -0.39 is 0 Å². The number of Topliss-reactive ketones (excluding diaryl/α,β-unsaturated/α-hetero) is 1. The van der Waals surface area contributed by atoms with Crippen LogP contribution in [0.25, 0.3) is 0 Å². The number of esters is 1. The number of carbonyl (C=O) groups excluding carboxylic acids is 2. The number of rotatable bonds is 6. The predicted octanol–water partition coefficient (Wildman–Crippen LogP) is 3.48. The summed E-state index contributed by atoms with van der Waals surface area (Å²) >= 11 is 0. The van der Waals surface area contributed by atoms with Gasteiger partial charge in [0.25, 0.3) is 0 Å². The van der Waals surface area contributed by atoms with Gasteiger partial charge in [0.2, 0.25) is 0 Å². The smallest absolute Gasteiger partial charge is 0.338 e. The SMILES string of the molecule is CCOC(=O)c1cccc(C(=O)C(CC)CC)c1. The largest absolute Gasteiger partial charge is 0.462 e. The minimum atomic E-state index is -0.378.